The third-order valence-electron chi connectivity index (χ3n) is 12.5. The van der Waals surface area contributed by atoms with Gasteiger partial charge in [0.05, 0.1) is 25.2 Å². The molecule has 364 valence electrons. The first-order chi connectivity index (χ1) is 30.5. The Kier molecular flexibility index (Phi) is 48.5. The highest BCUT2D eigenvalue weighted by Crippen LogP contribution is 2.18. The summed E-state index contributed by atoms with van der Waals surface area (Å²) in [5.41, 5.74) is 0. The van der Waals surface area contributed by atoms with Crippen LogP contribution >= 0.6 is 0 Å². The third kappa shape index (κ3) is 44.7. The van der Waals surface area contributed by atoms with Gasteiger partial charge >= 0.3 is 5.97 Å². The van der Waals surface area contributed by atoms with E-state index in [4.69, 9.17) is 4.74 Å². The topological polar surface area (TPSA) is 95.9 Å². The van der Waals surface area contributed by atoms with Crippen LogP contribution in [0, 0.1) is 0 Å². The minimum Gasteiger partial charge on any atom is -0.462 e. The monoisotopic (exact) mass is 872 g/mol. The van der Waals surface area contributed by atoms with E-state index < -0.39 is 18.2 Å². The van der Waals surface area contributed by atoms with Crippen molar-refractivity contribution in [2.24, 2.45) is 0 Å². The summed E-state index contributed by atoms with van der Waals surface area (Å²) < 4.78 is 5.94. The van der Waals surface area contributed by atoms with E-state index in [1.54, 1.807) is 0 Å². The Morgan fingerprint density at radius 1 is 0.484 bits per heavy atom. The van der Waals surface area contributed by atoms with Crippen LogP contribution in [0.3, 0.4) is 0 Å². The van der Waals surface area contributed by atoms with Crippen LogP contribution in [0.4, 0.5) is 0 Å². The Labute approximate surface area is 385 Å². The molecular formula is C56H105NO5. The fourth-order valence-electron chi connectivity index (χ4n) is 8.39. The van der Waals surface area contributed by atoms with Gasteiger partial charge in [-0.25, -0.2) is 0 Å². The average Bonchev–Trinajstić information content (AvgIpc) is 3.26. The van der Waals surface area contributed by atoms with E-state index in [2.05, 4.69) is 62.5 Å². The summed E-state index contributed by atoms with van der Waals surface area (Å²) in [6.07, 6.45) is 59.2. The van der Waals surface area contributed by atoms with Gasteiger partial charge in [0, 0.05) is 6.42 Å². The molecule has 0 bridgehead atoms. The second-order valence-corrected chi connectivity index (χ2v) is 18.6. The smallest absolute Gasteiger partial charge is 0.306 e. The second-order valence-electron chi connectivity index (χ2n) is 18.6. The fraction of sp³-hybridized carbons (Fsp3) is 0.857. The van der Waals surface area contributed by atoms with Gasteiger partial charge in [0.1, 0.15) is 6.10 Å². The van der Waals surface area contributed by atoms with Gasteiger partial charge in [-0.3, -0.25) is 9.59 Å². The number of ether oxygens (including phenoxy) is 1. The molecule has 0 fully saturated rings. The van der Waals surface area contributed by atoms with E-state index in [0.717, 1.165) is 77.0 Å². The zero-order valence-electron chi connectivity index (χ0n) is 41.5. The molecule has 0 spiro atoms. The highest BCUT2D eigenvalue weighted by molar-refractivity contribution is 5.77. The van der Waals surface area contributed by atoms with Crippen LogP contribution < -0.4 is 5.32 Å². The van der Waals surface area contributed by atoms with E-state index >= 15 is 0 Å². The number of allylic oxidation sites excluding steroid dienone is 6. The first-order valence-electron chi connectivity index (χ1n) is 27.2. The zero-order chi connectivity index (χ0) is 45.2. The summed E-state index contributed by atoms with van der Waals surface area (Å²) >= 11 is 0. The molecule has 0 saturated carbocycles. The van der Waals surface area contributed by atoms with Crippen molar-refractivity contribution in [1.82, 2.24) is 5.32 Å². The maximum absolute atomic E-state index is 13.2. The minimum atomic E-state index is -0.789. The van der Waals surface area contributed by atoms with E-state index in [9.17, 15) is 19.8 Å². The van der Waals surface area contributed by atoms with Crippen LogP contribution in [0.25, 0.3) is 0 Å². The molecule has 0 aliphatic rings. The molecule has 0 aliphatic carbocycles. The number of carbonyl (C=O) groups excluding carboxylic acids is 2. The molecule has 0 aromatic rings. The first-order valence-corrected chi connectivity index (χ1v) is 27.2. The fourth-order valence-corrected chi connectivity index (χ4v) is 8.39. The van der Waals surface area contributed by atoms with Crippen LogP contribution in [0.1, 0.15) is 284 Å². The molecule has 6 heteroatoms. The Bertz CT molecular complexity index is 1020. The average molecular weight is 872 g/mol. The molecule has 3 N–H and O–H groups in total. The molecule has 0 aliphatic heterocycles. The number of hydrogen-bond acceptors (Lipinski definition) is 5. The normalized spacial score (nSPS) is 13.4. The summed E-state index contributed by atoms with van der Waals surface area (Å²) in [4.78, 5) is 26.2. The summed E-state index contributed by atoms with van der Waals surface area (Å²) in [6, 6.07) is -0.703. The summed E-state index contributed by atoms with van der Waals surface area (Å²) in [5.74, 6) is -0.486. The molecule has 0 rings (SSSR count). The number of rotatable bonds is 49. The van der Waals surface area contributed by atoms with Gasteiger partial charge in [0.25, 0.3) is 0 Å². The number of aliphatic hydroxyl groups is 2. The quantitative estimate of drug-likeness (QED) is 0.0321. The Morgan fingerprint density at radius 2 is 0.871 bits per heavy atom. The van der Waals surface area contributed by atoms with E-state index in [-0.39, 0.29) is 24.9 Å². The standard InChI is InChI=1S/C56H105NO5/c1-4-7-10-13-16-19-22-25-27-28-30-32-35-38-41-44-47-52(62-56(61)49-46-43-40-37-34-31-26-23-20-17-14-11-8-5-2)50-55(60)57-53(51-58)54(59)48-45-42-39-36-33-29-24-21-18-15-12-9-6-3/h8,11,17,20,26,31,52-54,58-59H,4-7,9-10,12-16,18-19,21-25,27-30,32-51H2,1-3H3,(H,57,60)/b11-8+,20-17+,31-26+. The highest BCUT2D eigenvalue weighted by Gasteiger charge is 2.24. The van der Waals surface area contributed by atoms with E-state index in [1.165, 1.54) is 161 Å². The van der Waals surface area contributed by atoms with Crippen molar-refractivity contribution in [2.45, 2.75) is 302 Å². The highest BCUT2D eigenvalue weighted by atomic mass is 16.5. The first kappa shape index (κ1) is 60.1. The lowest BCUT2D eigenvalue weighted by molar-refractivity contribution is -0.151. The molecule has 3 atom stereocenters. The van der Waals surface area contributed by atoms with Crippen LogP contribution in [0.5, 0.6) is 0 Å². The van der Waals surface area contributed by atoms with Gasteiger partial charge in [0.2, 0.25) is 5.91 Å². The van der Waals surface area contributed by atoms with Crippen molar-refractivity contribution in [2.75, 3.05) is 6.61 Å². The molecule has 0 aromatic heterocycles. The Balaban J connectivity index is 4.57. The lowest BCUT2D eigenvalue weighted by Gasteiger charge is -2.24. The second kappa shape index (κ2) is 50.1. The number of carbonyl (C=O) groups is 2. The van der Waals surface area contributed by atoms with Gasteiger partial charge in [-0.2, -0.15) is 0 Å². The minimum absolute atomic E-state index is 0.0728. The van der Waals surface area contributed by atoms with Crippen LogP contribution in [-0.2, 0) is 14.3 Å². The third-order valence-corrected chi connectivity index (χ3v) is 12.5. The number of unbranched alkanes of at least 4 members (excludes halogenated alkanes) is 31. The molecule has 0 radical (unpaired) electrons. The summed E-state index contributed by atoms with van der Waals surface area (Å²) in [6.45, 7) is 6.39. The lowest BCUT2D eigenvalue weighted by Crippen LogP contribution is -2.46. The van der Waals surface area contributed by atoms with Crippen molar-refractivity contribution in [1.29, 1.82) is 0 Å². The number of esters is 1. The van der Waals surface area contributed by atoms with Crippen LogP contribution in [0.2, 0.25) is 0 Å². The predicted molar refractivity (Wildman–Crippen MR) is 269 cm³/mol. The van der Waals surface area contributed by atoms with Gasteiger partial charge in [-0.05, 0) is 57.8 Å². The molecule has 62 heavy (non-hydrogen) atoms. The Morgan fingerprint density at radius 3 is 1.32 bits per heavy atom. The molecule has 0 heterocycles. The van der Waals surface area contributed by atoms with Crippen molar-refractivity contribution in [3.63, 3.8) is 0 Å². The van der Waals surface area contributed by atoms with Gasteiger partial charge in [0.15, 0.2) is 0 Å². The van der Waals surface area contributed by atoms with Crippen molar-refractivity contribution < 1.29 is 24.5 Å². The van der Waals surface area contributed by atoms with Crippen molar-refractivity contribution >= 4 is 11.9 Å². The number of amides is 1. The molecule has 1 amide bonds. The number of aliphatic hydroxyl groups excluding tert-OH is 2. The summed E-state index contributed by atoms with van der Waals surface area (Å²) in [7, 11) is 0. The van der Waals surface area contributed by atoms with Crippen molar-refractivity contribution in [3.8, 4) is 0 Å². The Hall–Kier alpha value is -1.92. The van der Waals surface area contributed by atoms with E-state index in [0.29, 0.717) is 19.3 Å². The maximum Gasteiger partial charge on any atom is 0.306 e. The van der Waals surface area contributed by atoms with Crippen LogP contribution in [0.15, 0.2) is 36.5 Å². The van der Waals surface area contributed by atoms with Gasteiger partial charge in [-0.15, -0.1) is 0 Å². The van der Waals surface area contributed by atoms with Crippen molar-refractivity contribution in [3.05, 3.63) is 36.5 Å². The lowest BCUT2D eigenvalue weighted by atomic mass is 10.0. The SMILES string of the molecule is CC/C=C/C/C=C/C/C=C/CCCCCCC(=O)OC(CCCCCCCCCCCCCCCCCC)CC(=O)NC(CO)C(O)CCCCCCCCCCCCCCC. The van der Waals surface area contributed by atoms with Gasteiger partial charge < -0.3 is 20.3 Å². The largest absolute Gasteiger partial charge is 0.462 e. The number of hydrogen-bond donors (Lipinski definition) is 3. The zero-order valence-corrected chi connectivity index (χ0v) is 41.5. The number of nitrogens with one attached hydrogen (secondary N) is 1. The maximum atomic E-state index is 13.2. The molecule has 0 saturated heterocycles. The molecule has 6 nitrogen and oxygen atoms in total. The molecule has 0 aromatic carbocycles. The van der Waals surface area contributed by atoms with Gasteiger partial charge in [-0.1, -0.05) is 250 Å². The van der Waals surface area contributed by atoms with Crippen LogP contribution in [-0.4, -0.2) is 46.9 Å². The predicted octanol–water partition coefficient (Wildman–Crippen LogP) is 16.5. The molecule has 3 unspecified atom stereocenters. The summed E-state index contributed by atoms with van der Waals surface area (Å²) in [5, 5.41) is 23.8. The van der Waals surface area contributed by atoms with E-state index in [1.807, 2.05) is 0 Å². The molecular weight excluding hydrogens is 767 g/mol.